The van der Waals surface area contributed by atoms with Crippen LogP contribution < -0.4 is 5.73 Å². The number of carboxylic acid groups (broad SMARTS) is 1. The van der Waals surface area contributed by atoms with E-state index < -0.39 is 17.9 Å². The summed E-state index contributed by atoms with van der Waals surface area (Å²) in [6.45, 7) is 3.80. The molecule has 0 aromatic carbocycles. The zero-order valence-electron chi connectivity index (χ0n) is 10.8. The van der Waals surface area contributed by atoms with E-state index >= 15 is 0 Å². The molecule has 7 nitrogen and oxygen atoms in total. The van der Waals surface area contributed by atoms with Crippen LogP contribution in [-0.4, -0.2) is 34.6 Å². The van der Waals surface area contributed by atoms with Crippen LogP contribution in [0.2, 0.25) is 0 Å². The van der Waals surface area contributed by atoms with Crippen molar-refractivity contribution >= 4 is 11.9 Å². The number of hydrogen-bond donors (Lipinski definition) is 2. The normalized spacial score (nSPS) is 13.7. The molecular formula is C11H21N3O4. The van der Waals surface area contributed by atoms with E-state index in [1.54, 1.807) is 6.92 Å². The van der Waals surface area contributed by atoms with Gasteiger partial charge < -0.3 is 10.8 Å². The fraction of sp³-hybridized carbons (Fsp3) is 0.818. The Labute approximate surface area is 106 Å². The van der Waals surface area contributed by atoms with Crippen LogP contribution in [0.25, 0.3) is 0 Å². The summed E-state index contributed by atoms with van der Waals surface area (Å²) in [5.74, 6) is -1.76. The van der Waals surface area contributed by atoms with E-state index in [4.69, 9.17) is 10.8 Å². The molecule has 18 heavy (non-hydrogen) atoms. The smallest absolute Gasteiger partial charge is 0.303 e. The van der Waals surface area contributed by atoms with Crippen molar-refractivity contribution in [1.29, 1.82) is 0 Å². The average Bonchev–Trinajstić information content (AvgIpc) is 2.27. The SMILES string of the molecule is CCC[C@H](CC(=O)O)CN(N=O)[C@@H](CC)C(N)=O. The standard InChI is InChI=1S/C11H21N3O4/c1-3-5-8(6-10(15)16)7-14(13-18)9(4-2)11(12)17/h8-9H,3-7H2,1-2H3,(H2,12,17)(H,15,16)/t8-,9+/m1/s1. The second-order valence-corrected chi connectivity index (χ2v) is 4.28. The minimum absolute atomic E-state index is 0.0466. The number of aliphatic carboxylic acids is 1. The predicted octanol–water partition coefficient (Wildman–Crippen LogP) is 1.12. The van der Waals surface area contributed by atoms with E-state index in [0.717, 1.165) is 11.4 Å². The highest BCUT2D eigenvalue weighted by Gasteiger charge is 2.25. The quantitative estimate of drug-likeness (QED) is 0.451. The van der Waals surface area contributed by atoms with E-state index in [1.165, 1.54) is 0 Å². The minimum Gasteiger partial charge on any atom is -0.481 e. The Morgan fingerprint density at radius 2 is 2.00 bits per heavy atom. The highest BCUT2D eigenvalue weighted by molar-refractivity contribution is 5.79. The summed E-state index contributed by atoms with van der Waals surface area (Å²) in [5.41, 5.74) is 5.18. The maximum absolute atomic E-state index is 11.2. The molecule has 7 heteroatoms. The van der Waals surface area contributed by atoms with Gasteiger partial charge >= 0.3 is 5.97 Å². The molecule has 0 heterocycles. The fourth-order valence-electron chi connectivity index (χ4n) is 1.95. The predicted molar refractivity (Wildman–Crippen MR) is 66.4 cm³/mol. The van der Waals surface area contributed by atoms with E-state index in [0.29, 0.717) is 12.8 Å². The number of carbonyl (C=O) groups excluding carboxylic acids is 1. The molecule has 0 unspecified atom stereocenters. The molecule has 0 aromatic rings. The van der Waals surface area contributed by atoms with Gasteiger partial charge in [0, 0.05) is 13.0 Å². The van der Waals surface area contributed by atoms with E-state index in [-0.39, 0.29) is 18.9 Å². The van der Waals surface area contributed by atoms with Crippen molar-refractivity contribution in [3.8, 4) is 0 Å². The lowest BCUT2D eigenvalue weighted by molar-refractivity contribution is -0.138. The largest absolute Gasteiger partial charge is 0.481 e. The van der Waals surface area contributed by atoms with Gasteiger partial charge in [-0.2, -0.15) is 0 Å². The van der Waals surface area contributed by atoms with Crippen molar-refractivity contribution in [2.24, 2.45) is 16.9 Å². The Morgan fingerprint density at radius 1 is 1.39 bits per heavy atom. The Bertz CT molecular complexity index is 296. The lowest BCUT2D eigenvalue weighted by Gasteiger charge is -2.26. The van der Waals surface area contributed by atoms with Gasteiger partial charge in [0.05, 0.1) is 5.29 Å². The van der Waals surface area contributed by atoms with E-state index in [1.807, 2.05) is 6.92 Å². The van der Waals surface area contributed by atoms with Gasteiger partial charge in [0.15, 0.2) is 0 Å². The molecule has 104 valence electrons. The van der Waals surface area contributed by atoms with Crippen molar-refractivity contribution in [2.75, 3.05) is 6.54 Å². The van der Waals surface area contributed by atoms with Crippen molar-refractivity contribution in [3.05, 3.63) is 4.91 Å². The van der Waals surface area contributed by atoms with Crippen LogP contribution in [0.1, 0.15) is 39.5 Å². The highest BCUT2D eigenvalue weighted by atomic mass is 16.4. The summed E-state index contributed by atoms with van der Waals surface area (Å²) in [6.07, 6.45) is 1.79. The van der Waals surface area contributed by atoms with Crippen LogP contribution in [0, 0.1) is 10.8 Å². The maximum Gasteiger partial charge on any atom is 0.303 e. The molecule has 2 atom stereocenters. The molecule has 1 amide bonds. The first-order chi connectivity index (χ1) is 8.46. The van der Waals surface area contributed by atoms with Gasteiger partial charge in [0.1, 0.15) is 6.04 Å². The Balaban J connectivity index is 4.67. The first-order valence-electron chi connectivity index (χ1n) is 6.07. The van der Waals surface area contributed by atoms with Crippen LogP contribution >= 0.6 is 0 Å². The number of rotatable bonds is 10. The summed E-state index contributed by atoms with van der Waals surface area (Å²) in [4.78, 5) is 32.6. The summed E-state index contributed by atoms with van der Waals surface area (Å²) in [5, 5.41) is 12.6. The third kappa shape index (κ3) is 5.60. The van der Waals surface area contributed by atoms with Gasteiger partial charge in [-0.25, -0.2) is 5.01 Å². The molecule has 0 bridgehead atoms. The van der Waals surface area contributed by atoms with Crippen LogP contribution in [-0.2, 0) is 9.59 Å². The second-order valence-electron chi connectivity index (χ2n) is 4.28. The number of amides is 1. The summed E-state index contributed by atoms with van der Waals surface area (Å²) in [6, 6.07) is -0.768. The molecule has 0 fully saturated rings. The lowest BCUT2D eigenvalue weighted by atomic mass is 9.99. The molecule has 0 spiro atoms. The first kappa shape index (κ1) is 16.3. The molecule has 0 aliphatic carbocycles. The molecule has 0 aliphatic heterocycles. The summed E-state index contributed by atoms with van der Waals surface area (Å²) < 4.78 is 0. The summed E-state index contributed by atoms with van der Waals surface area (Å²) >= 11 is 0. The molecule has 0 aromatic heterocycles. The molecule has 0 aliphatic rings. The number of carbonyl (C=O) groups is 2. The number of hydrogen-bond acceptors (Lipinski definition) is 4. The van der Waals surface area contributed by atoms with Gasteiger partial charge in [-0.15, -0.1) is 4.91 Å². The highest BCUT2D eigenvalue weighted by Crippen LogP contribution is 2.16. The van der Waals surface area contributed by atoms with Crippen LogP contribution in [0.5, 0.6) is 0 Å². The Kier molecular flexibility index (Phi) is 7.66. The molecule has 3 N–H and O–H groups in total. The lowest BCUT2D eigenvalue weighted by Crippen LogP contribution is -2.43. The number of primary amides is 1. The van der Waals surface area contributed by atoms with Gasteiger partial charge in [-0.05, 0) is 18.8 Å². The topological polar surface area (TPSA) is 113 Å². The van der Waals surface area contributed by atoms with Crippen molar-refractivity contribution in [1.82, 2.24) is 5.01 Å². The van der Waals surface area contributed by atoms with Gasteiger partial charge in [0.2, 0.25) is 5.91 Å². The van der Waals surface area contributed by atoms with Crippen molar-refractivity contribution in [2.45, 2.75) is 45.6 Å². The van der Waals surface area contributed by atoms with Crippen molar-refractivity contribution < 1.29 is 14.7 Å². The second kappa shape index (κ2) is 8.43. The van der Waals surface area contributed by atoms with Crippen molar-refractivity contribution in [3.63, 3.8) is 0 Å². The molecule has 0 saturated heterocycles. The molecular weight excluding hydrogens is 238 g/mol. The van der Waals surface area contributed by atoms with E-state index in [9.17, 15) is 14.5 Å². The van der Waals surface area contributed by atoms with Crippen LogP contribution in [0.3, 0.4) is 0 Å². The average molecular weight is 259 g/mol. The Morgan fingerprint density at radius 3 is 2.33 bits per heavy atom. The fourth-order valence-corrected chi connectivity index (χ4v) is 1.95. The number of nitroso groups, excluding NO2 is 1. The maximum atomic E-state index is 11.2. The number of nitrogens with two attached hydrogens (primary N) is 1. The number of nitrogens with zero attached hydrogens (tertiary/aromatic N) is 2. The molecule has 0 rings (SSSR count). The Hall–Kier alpha value is -1.66. The molecule has 0 radical (unpaired) electrons. The monoisotopic (exact) mass is 259 g/mol. The van der Waals surface area contributed by atoms with Crippen LogP contribution in [0.4, 0.5) is 0 Å². The third-order valence-corrected chi connectivity index (χ3v) is 2.79. The van der Waals surface area contributed by atoms with Gasteiger partial charge in [-0.3, -0.25) is 9.59 Å². The first-order valence-corrected chi connectivity index (χ1v) is 6.07. The number of carboxylic acids is 1. The zero-order valence-corrected chi connectivity index (χ0v) is 10.8. The minimum atomic E-state index is -0.925. The summed E-state index contributed by atoms with van der Waals surface area (Å²) in [7, 11) is 0. The zero-order chi connectivity index (χ0) is 14.1. The molecule has 0 saturated carbocycles. The third-order valence-electron chi connectivity index (χ3n) is 2.79. The van der Waals surface area contributed by atoms with Crippen LogP contribution in [0.15, 0.2) is 5.29 Å². The van der Waals surface area contributed by atoms with E-state index in [2.05, 4.69) is 5.29 Å². The van der Waals surface area contributed by atoms with Gasteiger partial charge in [0.25, 0.3) is 0 Å². The van der Waals surface area contributed by atoms with Gasteiger partial charge in [-0.1, -0.05) is 20.3 Å².